The summed E-state index contributed by atoms with van der Waals surface area (Å²) >= 11 is 0. The van der Waals surface area contributed by atoms with Gasteiger partial charge in [-0.2, -0.15) is 0 Å². The first-order valence-electron chi connectivity index (χ1n) is 9.01. The fourth-order valence-electron chi connectivity index (χ4n) is 3.44. The first kappa shape index (κ1) is 17.3. The first-order valence-corrected chi connectivity index (χ1v) is 9.01. The molecule has 2 amide bonds. The summed E-state index contributed by atoms with van der Waals surface area (Å²) in [5, 5.41) is 2.98. The number of rotatable bonds is 3. The number of nitrogens with one attached hydrogen (secondary N) is 1. The zero-order chi connectivity index (χ0) is 17.8. The molecule has 1 N–H and O–H groups in total. The van der Waals surface area contributed by atoms with Crippen LogP contribution in [-0.2, 0) is 0 Å². The highest BCUT2D eigenvalue weighted by molar-refractivity contribution is 5.89. The molecular weight excluding hydrogens is 310 g/mol. The van der Waals surface area contributed by atoms with E-state index in [1.54, 1.807) is 0 Å². The maximum Gasteiger partial charge on any atom is 0.321 e. The summed E-state index contributed by atoms with van der Waals surface area (Å²) in [4.78, 5) is 16.8. The van der Waals surface area contributed by atoms with Gasteiger partial charge in [-0.25, -0.2) is 4.79 Å². The third kappa shape index (κ3) is 3.95. The van der Waals surface area contributed by atoms with Crippen LogP contribution in [0.1, 0.15) is 30.9 Å². The highest BCUT2D eigenvalue weighted by Gasteiger charge is 2.24. The Morgan fingerprint density at radius 3 is 2.28 bits per heavy atom. The lowest BCUT2D eigenvalue weighted by Gasteiger charge is -2.38. The Kier molecular flexibility index (Phi) is 5.27. The Labute approximate surface area is 150 Å². The molecule has 0 spiro atoms. The summed E-state index contributed by atoms with van der Waals surface area (Å²) in [5.41, 5.74) is 4.90. The fourth-order valence-corrected chi connectivity index (χ4v) is 3.44. The number of urea groups is 1. The van der Waals surface area contributed by atoms with Crippen molar-refractivity contribution in [1.29, 1.82) is 0 Å². The van der Waals surface area contributed by atoms with E-state index in [1.807, 2.05) is 35.2 Å². The molecule has 1 fully saturated rings. The largest absolute Gasteiger partial charge is 0.368 e. The predicted octanol–water partition coefficient (Wildman–Crippen LogP) is 4.47. The van der Waals surface area contributed by atoms with Crippen LogP contribution in [0.4, 0.5) is 16.2 Å². The molecule has 0 radical (unpaired) electrons. The van der Waals surface area contributed by atoms with Gasteiger partial charge in [0.15, 0.2) is 0 Å². The van der Waals surface area contributed by atoms with E-state index >= 15 is 0 Å². The molecule has 4 nitrogen and oxygen atoms in total. The van der Waals surface area contributed by atoms with Crippen LogP contribution in [0.5, 0.6) is 0 Å². The lowest BCUT2D eigenvalue weighted by atomic mass is 9.97. The van der Waals surface area contributed by atoms with E-state index in [0.29, 0.717) is 5.92 Å². The second-order valence-electron chi connectivity index (χ2n) is 6.94. The van der Waals surface area contributed by atoms with E-state index in [1.165, 1.54) is 16.8 Å². The van der Waals surface area contributed by atoms with Crippen LogP contribution in [0.15, 0.2) is 48.5 Å². The topological polar surface area (TPSA) is 35.6 Å². The van der Waals surface area contributed by atoms with E-state index < -0.39 is 0 Å². The van der Waals surface area contributed by atoms with Crippen molar-refractivity contribution in [2.45, 2.75) is 26.7 Å². The van der Waals surface area contributed by atoms with Crippen LogP contribution in [0.25, 0.3) is 0 Å². The van der Waals surface area contributed by atoms with E-state index in [-0.39, 0.29) is 6.03 Å². The Hall–Kier alpha value is -2.49. The molecule has 0 saturated carbocycles. The van der Waals surface area contributed by atoms with Crippen molar-refractivity contribution in [3.63, 3.8) is 0 Å². The first-order chi connectivity index (χ1) is 12.1. The molecule has 1 saturated heterocycles. The average Bonchev–Trinajstić information content (AvgIpc) is 2.62. The number of hydrogen-bond acceptors (Lipinski definition) is 2. The molecule has 0 bridgehead atoms. The summed E-state index contributed by atoms with van der Waals surface area (Å²) < 4.78 is 0. The molecule has 1 heterocycles. The second kappa shape index (κ2) is 7.60. The minimum atomic E-state index is -0.0142. The summed E-state index contributed by atoms with van der Waals surface area (Å²) in [7, 11) is 0. The number of carbonyl (C=O) groups excluding carboxylic acids is 1. The number of amides is 2. The minimum Gasteiger partial charge on any atom is -0.368 e. The van der Waals surface area contributed by atoms with Crippen molar-refractivity contribution >= 4 is 17.4 Å². The fraction of sp³-hybridized carbons (Fsp3) is 0.381. The van der Waals surface area contributed by atoms with Crippen molar-refractivity contribution in [2.75, 3.05) is 36.4 Å². The molecule has 0 aliphatic carbocycles. The van der Waals surface area contributed by atoms with E-state index in [2.05, 4.69) is 49.2 Å². The van der Waals surface area contributed by atoms with Gasteiger partial charge < -0.3 is 15.1 Å². The Morgan fingerprint density at radius 2 is 1.64 bits per heavy atom. The van der Waals surface area contributed by atoms with Gasteiger partial charge in [0.1, 0.15) is 0 Å². The molecule has 1 aliphatic rings. The Balaban J connectivity index is 1.65. The second-order valence-corrected chi connectivity index (χ2v) is 6.94. The average molecular weight is 337 g/mol. The number of benzene rings is 2. The van der Waals surface area contributed by atoms with Crippen molar-refractivity contribution in [3.05, 3.63) is 59.7 Å². The zero-order valence-electron chi connectivity index (χ0n) is 15.3. The van der Waals surface area contributed by atoms with Crippen molar-refractivity contribution in [3.8, 4) is 0 Å². The zero-order valence-corrected chi connectivity index (χ0v) is 15.3. The lowest BCUT2D eigenvalue weighted by Crippen LogP contribution is -2.50. The van der Waals surface area contributed by atoms with Gasteiger partial charge in [-0.05, 0) is 36.1 Å². The SMILES string of the molecule is Cc1cccc(C(C)C)c1N1CCN(C(=O)Nc2ccccc2)CC1. The number of aryl methyl sites for hydroxylation is 1. The predicted molar refractivity (Wildman–Crippen MR) is 105 cm³/mol. The molecule has 0 atom stereocenters. The van der Waals surface area contributed by atoms with Crippen LogP contribution in [0.3, 0.4) is 0 Å². The molecular formula is C21H27N3O. The normalized spacial score (nSPS) is 14.7. The monoisotopic (exact) mass is 337 g/mol. The van der Waals surface area contributed by atoms with Crippen LogP contribution in [-0.4, -0.2) is 37.1 Å². The highest BCUT2D eigenvalue weighted by Crippen LogP contribution is 2.31. The molecule has 4 heteroatoms. The number of para-hydroxylation sites is 2. The molecule has 2 aromatic rings. The smallest absolute Gasteiger partial charge is 0.321 e. The van der Waals surface area contributed by atoms with E-state index in [4.69, 9.17) is 0 Å². The maximum atomic E-state index is 12.4. The van der Waals surface area contributed by atoms with Gasteiger partial charge in [-0.1, -0.05) is 50.2 Å². The van der Waals surface area contributed by atoms with Crippen LogP contribution in [0.2, 0.25) is 0 Å². The van der Waals surface area contributed by atoms with Gasteiger partial charge in [-0.15, -0.1) is 0 Å². The highest BCUT2D eigenvalue weighted by atomic mass is 16.2. The number of anilines is 2. The quantitative estimate of drug-likeness (QED) is 0.897. The number of carbonyl (C=O) groups is 1. The summed E-state index contributed by atoms with van der Waals surface area (Å²) in [6, 6.07) is 16.2. The molecule has 2 aromatic carbocycles. The molecule has 25 heavy (non-hydrogen) atoms. The van der Waals surface area contributed by atoms with E-state index in [9.17, 15) is 4.79 Å². The van der Waals surface area contributed by atoms with Crippen LogP contribution < -0.4 is 10.2 Å². The third-order valence-electron chi connectivity index (χ3n) is 4.80. The van der Waals surface area contributed by atoms with Crippen molar-refractivity contribution in [1.82, 2.24) is 4.90 Å². The summed E-state index contributed by atoms with van der Waals surface area (Å²) in [5.74, 6) is 0.495. The Bertz CT molecular complexity index is 719. The molecule has 0 aromatic heterocycles. The van der Waals surface area contributed by atoms with Crippen molar-refractivity contribution < 1.29 is 4.79 Å². The molecule has 1 aliphatic heterocycles. The van der Waals surface area contributed by atoms with Crippen molar-refractivity contribution in [2.24, 2.45) is 0 Å². The third-order valence-corrected chi connectivity index (χ3v) is 4.80. The Morgan fingerprint density at radius 1 is 0.960 bits per heavy atom. The van der Waals surface area contributed by atoms with Gasteiger partial charge in [-0.3, -0.25) is 0 Å². The molecule has 132 valence electrons. The van der Waals surface area contributed by atoms with Crippen LogP contribution in [0, 0.1) is 6.92 Å². The van der Waals surface area contributed by atoms with E-state index in [0.717, 1.165) is 31.9 Å². The minimum absolute atomic E-state index is 0.0142. The maximum absolute atomic E-state index is 12.4. The van der Waals surface area contributed by atoms with Gasteiger partial charge >= 0.3 is 6.03 Å². The van der Waals surface area contributed by atoms with Gasteiger partial charge in [0, 0.05) is 37.6 Å². The number of nitrogens with zero attached hydrogens (tertiary/aromatic N) is 2. The number of hydrogen-bond donors (Lipinski definition) is 1. The van der Waals surface area contributed by atoms with Gasteiger partial charge in [0.2, 0.25) is 0 Å². The van der Waals surface area contributed by atoms with Gasteiger partial charge in [0.25, 0.3) is 0 Å². The summed E-state index contributed by atoms with van der Waals surface area (Å²) in [6.07, 6.45) is 0. The number of piperazine rings is 1. The summed E-state index contributed by atoms with van der Waals surface area (Å²) in [6.45, 7) is 9.87. The van der Waals surface area contributed by atoms with Crippen LogP contribution >= 0.6 is 0 Å². The van der Waals surface area contributed by atoms with Gasteiger partial charge in [0.05, 0.1) is 0 Å². The standard InChI is InChI=1S/C21H27N3O/c1-16(2)19-11-7-8-17(3)20(19)23-12-14-24(15-13-23)21(25)22-18-9-5-4-6-10-18/h4-11,16H,12-15H2,1-3H3,(H,22,25). The molecule has 0 unspecified atom stereocenters. The lowest BCUT2D eigenvalue weighted by molar-refractivity contribution is 0.208. The molecule has 3 rings (SSSR count).